The van der Waals surface area contributed by atoms with Gasteiger partial charge in [-0.2, -0.15) is 13.2 Å². The number of hydrogen-bond donors (Lipinski definition) is 1. The molecule has 136 valence electrons. The highest BCUT2D eigenvalue weighted by atomic mass is 32.2. The summed E-state index contributed by atoms with van der Waals surface area (Å²) in [6, 6.07) is 10.3. The number of benzene rings is 2. The number of hydrogen-bond acceptors (Lipinski definition) is 4. The van der Waals surface area contributed by atoms with Gasteiger partial charge in [-0.1, -0.05) is 24.3 Å². The molecule has 0 radical (unpaired) electrons. The van der Waals surface area contributed by atoms with Crippen LogP contribution in [0.3, 0.4) is 0 Å². The van der Waals surface area contributed by atoms with E-state index in [4.69, 9.17) is 0 Å². The van der Waals surface area contributed by atoms with Crippen LogP contribution in [0.1, 0.15) is 12.5 Å². The number of pyridine rings is 1. The molecule has 8 heteroatoms. The molecule has 0 aliphatic carbocycles. The molecule has 26 heavy (non-hydrogen) atoms. The van der Waals surface area contributed by atoms with Gasteiger partial charge in [-0.25, -0.2) is 8.42 Å². The second-order valence-electron chi connectivity index (χ2n) is 5.95. The van der Waals surface area contributed by atoms with E-state index in [0.717, 1.165) is 24.3 Å². The first-order valence-electron chi connectivity index (χ1n) is 7.52. The average molecular weight is 381 g/mol. The van der Waals surface area contributed by atoms with Crippen LogP contribution in [0.4, 0.5) is 13.2 Å². The van der Waals surface area contributed by atoms with Gasteiger partial charge in [-0.05, 0) is 36.8 Å². The van der Waals surface area contributed by atoms with Gasteiger partial charge in [0.2, 0.25) is 9.84 Å². The molecule has 1 heterocycles. The lowest BCUT2D eigenvalue weighted by Crippen LogP contribution is -2.39. The molecule has 3 aromatic rings. The first kappa shape index (κ1) is 18.3. The molecule has 0 saturated heterocycles. The van der Waals surface area contributed by atoms with Crippen molar-refractivity contribution >= 4 is 20.6 Å². The van der Waals surface area contributed by atoms with Crippen LogP contribution in [-0.4, -0.2) is 24.7 Å². The van der Waals surface area contributed by atoms with E-state index in [9.17, 15) is 26.7 Å². The summed E-state index contributed by atoms with van der Waals surface area (Å²) in [4.78, 5) is 3.81. The van der Waals surface area contributed by atoms with Gasteiger partial charge in [-0.15, -0.1) is 0 Å². The van der Waals surface area contributed by atoms with E-state index in [2.05, 4.69) is 4.98 Å². The molecule has 1 N–H and O–H groups in total. The summed E-state index contributed by atoms with van der Waals surface area (Å²) in [5.74, 6) is 0. The van der Waals surface area contributed by atoms with Crippen LogP contribution in [0.2, 0.25) is 0 Å². The number of aromatic nitrogens is 1. The maximum atomic E-state index is 12.9. The lowest BCUT2D eigenvalue weighted by Gasteiger charge is -2.26. The molecule has 0 saturated carbocycles. The Balaban J connectivity index is 2.09. The van der Waals surface area contributed by atoms with Gasteiger partial charge < -0.3 is 5.11 Å². The van der Waals surface area contributed by atoms with Crippen LogP contribution in [0.25, 0.3) is 10.8 Å². The molecule has 4 nitrogen and oxygen atoms in total. The predicted octanol–water partition coefficient (Wildman–Crippen LogP) is 3.84. The van der Waals surface area contributed by atoms with E-state index < -0.39 is 27.2 Å². The zero-order valence-corrected chi connectivity index (χ0v) is 14.3. The number of alkyl halides is 3. The minimum atomic E-state index is -4.88. The molecule has 1 aromatic heterocycles. The molecule has 0 spiro atoms. The van der Waals surface area contributed by atoms with Crippen molar-refractivity contribution in [2.45, 2.75) is 28.5 Å². The fraction of sp³-hybridized carbons (Fsp3) is 0.167. The summed E-state index contributed by atoms with van der Waals surface area (Å²) in [6.07, 6.45) is -1.89. The van der Waals surface area contributed by atoms with Crippen molar-refractivity contribution in [3.63, 3.8) is 0 Å². The molecule has 0 fully saturated rings. The number of halogens is 3. The molecule has 0 amide bonds. The third kappa shape index (κ3) is 2.95. The maximum Gasteiger partial charge on any atom is 0.421 e. The Bertz CT molecular complexity index is 1050. The minimum absolute atomic E-state index is 0.0349. The predicted molar refractivity (Wildman–Crippen MR) is 89.3 cm³/mol. The molecule has 1 unspecified atom stereocenters. The van der Waals surface area contributed by atoms with E-state index in [-0.39, 0.29) is 9.79 Å². The Kier molecular flexibility index (Phi) is 4.28. The second-order valence-corrected chi connectivity index (χ2v) is 7.87. The SMILES string of the molecule is CC(O)(c1ccc(S(=O)(=O)c2cccc3cnccc23)cc1)C(F)(F)F. The molecule has 1 atom stereocenters. The third-order valence-electron chi connectivity index (χ3n) is 4.21. The van der Waals surface area contributed by atoms with E-state index in [1.807, 2.05) is 0 Å². The van der Waals surface area contributed by atoms with Gasteiger partial charge in [0.25, 0.3) is 0 Å². The van der Waals surface area contributed by atoms with Crippen molar-refractivity contribution in [2.24, 2.45) is 0 Å². The van der Waals surface area contributed by atoms with Gasteiger partial charge in [0.1, 0.15) is 0 Å². The normalized spacial score (nSPS) is 15.0. The molecular weight excluding hydrogens is 367 g/mol. The van der Waals surface area contributed by atoms with Gasteiger partial charge in [0.15, 0.2) is 5.60 Å². The summed E-state index contributed by atoms with van der Waals surface area (Å²) in [5, 5.41) is 10.8. The minimum Gasteiger partial charge on any atom is -0.376 e. The van der Waals surface area contributed by atoms with Gasteiger partial charge >= 0.3 is 6.18 Å². The summed E-state index contributed by atoms with van der Waals surface area (Å²) in [6.45, 7) is 0.619. The smallest absolute Gasteiger partial charge is 0.376 e. The standard InChI is InChI=1S/C18H14F3NO3S/c1-17(23,18(19,20)21)13-5-7-14(8-6-13)26(24,25)16-4-2-3-12-11-22-10-9-15(12)16/h2-11,23H,1H3. The Hall–Kier alpha value is -2.45. The third-order valence-corrected chi connectivity index (χ3v) is 6.04. The molecule has 0 aliphatic rings. The van der Waals surface area contributed by atoms with E-state index in [1.165, 1.54) is 18.5 Å². The fourth-order valence-corrected chi connectivity index (χ4v) is 4.06. The Morgan fingerprint density at radius 2 is 1.65 bits per heavy atom. The van der Waals surface area contributed by atoms with Crippen LogP contribution < -0.4 is 0 Å². The van der Waals surface area contributed by atoms with Crippen molar-refractivity contribution in [2.75, 3.05) is 0 Å². The quantitative estimate of drug-likeness (QED) is 0.749. The fourth-order valence-electron chi connectivity index (χ4n) is 2.58. The van der Waals surface area contributed by atoms with Crippen LogP contribution in [0.5, 0.6) is 0 Å². The Morgan fingerprint density at radius 3 is 2.27 bits per heavy atom. The molecule has 2 aromatic carbocycles. The summed E-state index contributed by atoms with van der Waals surface area (Å²) in [5.41, 5.74) is -3.51. The van der Waals surface area contributed by atoms with Crippen molar-refractivity contribution in [1.82, 2.24) is 4.98 Å². The molecule has 3 rings (SSSR count). The number of sulfone groups is 1. The van der Waals surface area contributed by atoms with Crippen molar-refractivity contribution in [3.05, 3.63) is 66.5 Å². The summed E-state index contributed by atoms with van der Waals surface area (Å²) < 4.78 is 64.6. The van der Waals surface area contributed by atoms with Crippen molar-refractivity contribution in [3.8, 4) is 0 Å². The lowest BCUT2D eigenvalue weighted by atomic mass is 9.96. The van der Waals surface area contributed by atoms with Crippen LogP contribution in [0, 0.1) is 0 Å². The van der Waals surface area contributed by atoms with Gasteiger partial charge in [-0.3, -0.25) is 4.98 Å². The van der Waals surface area contributed by atoms with Crippen molar-refractivity contribution < 1.29 is 26.7 Å². The summed E-state index contributed by atoms with van der Waals surface area (Å²) in [7, 11) is -3.95. The zero-order valence-electron chi connectivity index (χ0n) is 13.5. The monoisotopic (exact) mass is 381 g/mol. The number of fused-ring (bicyclic) bond motifs is 1. The Labute approximate surface area is 147 Å². The number of aliphatic hydroxyl groups is 1. The zero-order chi connectivity index (χ0) is 19.2. The van der Waals surface area contributed by atoms with Crippen LogP contribution in [-0.2, 0) is 15.4 Å². The largest absolute Gasteiger partial charge is 0.421 e. The first-order valence-corrected chi connectivity index (χ1v) is 9.01. The topological polar surface area (TPSA) is 67.3 Å². The van der Waals surface area contributed by atoms with Gasteiger partial charge in [0.05, 0.1) is 9.79 Å². The van der Waals surface area contributed by atoms with E-state index in [0.29, 0.717) is 17.7 Å². The van der Waals surface area contributed by atoms with E-state index in [1.54, 1.807) is 18.2 Å². The highest BCUT2D eigenvalue weighted by molar-refractivity contribution is 7.91. The maximum absolute atomic E-state index is 12.9. The highest BCUT2D eigenvalue weighted by Crippen LogP contribution is 2.39. The lowest BCUT2D eigenvalue weighted by molar-refractivity contribution is -0.258. The van der Waals surface area contributed by atoms with E-state index >= 15 is 0 Å². The van der Waals surface area contributed by atoms with Crippen molar-refractivity contribution in [1.29, 1.82) is 0 Å². The van der Waals surface area contributed by atoms with Gasteiger partial charge in [0, 0.05) is 23.2 Å². The molecule has 0 aliphatic heterocycles. The molecule has 0 bridgehead atoms. The first-order chi connectivity index (χ1) is 12.0. The van der Waals surface area contributed by atoms with Crippen LogP contribution in [0.15, 0.2) is 70.7 Å². The number of rotatable bonds is 3. The molecular formula is C18H14F3NO3S. The number of nitrogens with zero attached hydrogens (tertiary/aromatic N) is 1. The average Bonchev–Trinajstić information content (AvgIpc) is 2.60. The highest BCUT2D eigenvalue weighted by Gasteiger charge is 2.51. The summed E-state index contributed by atoms with van der Waals surface area (Å²) >= 11 is 0. The van der Waals surface area contributed by atoms with Crippen LogP contribution >= 0.6 is 0 Å². The second kappa shape index (κ2) is 6.07. The Morgan fingerprint density at radius 1 is 1.00 bits per heavy atom.